The maximum absolute atomic E-state index is 10.7. The van der Waals surface area contributed by atoms with Crippen LogP contribution in [0.5, 0.6) is 0 Å². The van der Waals surface area contributed by atoms with Crippen molar-refractivity contribution in [2.45, 2.75) is 46.0 Å². The molecule has 3 saturated carbocycles. The Bertz CT molecular complexity index is 245. The lowest BCUT2D eigenvalue weighted by Gasteiger charge is -2.60. The zero-order chi connectivity index (χ0) is 10.3. The first kappa shape index (κ1) is 10.0. The summed E-state index contributed by atoms with van der Waals surface area (Å²) in [4.78, 5) is 10.7. The smallest absolute Gasteiger partial charge is 0.217 e. The van der Waals surface area contributed by atoms with Gasteiger partial charge in [-0.3, -0.25) is 4.79 Å². The Hall–Kier alpha value is -0.530. The van der Waals surface area contributed by atoms with Gasteiger partial charge in [-0.25, -0.2) is 0 Å². The van der Waals surface area contributed by atoms with Crippen LogP contribution in [0.15, 0.2) is 0 Å². The molecule has 1 amide bonds. The number of fused-ring (bicyclic) bond motifs is 2. The van der Waals surface area contributed by atoms with Crippen LogP contribution < -0.4 is 5.73 Å². The largest absolute Gasteiger partial charge is 0.370 e. The maximum atomic E-state index is 10.7. The van der Waals surface area contributed by atoms with Crippen molar-refractivity contribution in [1.29, 1.82) is 0 Å². The van der Waals surface area contributed by atoms with Gasteiger partial charge < -0.3 is 5.73 Å². The van der Waals surface area contributed by atoms with E-state index in [-0.39, 0.29) is 5.91 Å². The number of carbonyl (C=O) groups excluding carboxylic acids is 1. The van der Waals surface area contributed by atoms with Gasteiger partial charge in [0.05, 0.1) is 0 Å². The molecule has 0 aromatic carbocycles. The maximum Gasteiger partial charge on any atom is 0.217 e. The molecule has 14 heavy (non-hydrogen) atoms. The van der Waals surface area contributed by atoms with Gasteiger partial charge in [0.25, 0.3) is 0 Å². The third kappa shape index (κ3) is 1.45. The number of primary amides is 1. The van der Waals surface area contributed by atoms with Crippen LogP contribution in [-0.4, -0.2) is 5.91 Å². The molecule has 0 radical (unpaired) electrons. The van der Waals surface area contributed by atoms with Gasteiger partial charge in [0.1, 0.15) is 0 Å². The first-order valence-electron chi connectivity index (χ1n) is 5.80. The van der Waals surface area contributed by atoms with Gasteiger partial charge in [0, 0.05) is 6.42 Å². The molecule has 0 aromatic heterocycles. The van der Waals surface area contributed by atoms with Crippen LogP contribution in [0.2, 0.25) is 0 Å². The molecule has 3 aliphatic carbocycles. The summed E-state index contributed by atoms with van der Waals surface area (Å²) in [6.07, 6.45) is 5.70. The van der Waals surface area contributed by atoms with Gasteiger partial charge >= 0.3 is 0 Å². The van der Waals surface area contributed by atoms with E-state index in [0.29, 0.717) is 11.8 Å². The Balaban J connectivity index is 1.91. The molecule has 3 rings (SSSR count). The van der Waals surface area contributed by atoms with E-state index in [1.807, 2.05) is 0 Å². The topological polar surface area (TPSA) is 43.1 Å². The quantitative estimate of drug-likeness (QED) is 0.738. The van der Waals surface area contributed by atoms with Gasteiger partial charge in [-0.15, -0.1) is 0 Å². The van der Waals surface area contributed by atoms with Gasteiger partial charge in [-0.2, -0.15) is 0 Å². The van der Waals surface area contributed by atoms with Crippen molar-refractivity contribution in [2.24, 2.45) is 28.9 Å². The molecule has 3 fully saturated rings. The first-order valence-corrected chi connectivity index (χ1v) is 5.80. The van der Waals surface area contributed by atoms with Crippen LogP contribution in [0.1, 0.15) is 46.0 Å². The van der Waals surface area contributed by atoms with Gasteiger partial charge in [-0.05, 0) is 48.9 Å². The fourth-order valence-corrected chi connectivity index (χ4v) is 3.64. The molecule has 3 aliphatic rings. The van der Waals surface area contributed by atoms with E-state index in [0.717, 1.165) is 24.2 Å². The number of amides is 1. The highest BCUT2D eigenvalue weighted by Crippen LogP contribution is 2.62. The van der Waals surface area contributed by atoms with Crippen LogP contribution in [0.4, 0.5) is 0 Å². The Labute approximate surface area is 86.2 Å². The molecule has 0 saturated heterocycles. The normalized spacial score (nSPS) is 38.9. The summed E-state index contributed by atoms with van der Waals surface area (Å²) in [5.41, 5.74) is 5.74. The van der Waals surface area contributed by atoms with Crippen LogP contribution in [0.3, 0.4) is 0 Å². The van der Waals surface area contributed by atoms with Gasteiger partial charge in [-0.1, -0.05) is 13.8 Å². The second kappa shape index (κ2) is 3.25. The van der Waals surface area contributed by atoms with E-state index in [4.69, 9.17) is 5.73 Å². The SMILES string of the molecule is CC1(C)[C@H]2CC[C@@H](CCC(N)=O)[C@@H]1C2. The molecule has 0 spiro atoms. The standard InChI is InChI=1S/C12H21NO/c1-12(2)9-5-3-8(10(12)7-9)4-6-11(13)14/h8-10H,3-7H2,1-2H3,(H2,13,14)/t8-,9-,10-/m0/s1. The number of hydrogen-bond acceptors (Lipinski definition) is 1. The van der Waals surface area contributed by atoms with Gasteiger partial charge in [0.15, 0.2) is 0 Å². The molecule has 0 aromatic rings. The van der Waals surface area contributed by atoms with Crippen LogP contribution in [0, 0.1) is 23.2 Å². The van der Waals surface area contributed by atoms with Crippen LogP contribution >= 0.6 is 0 Å². The molecular weight excluding hydrogens is 174 g/mol. The molecular formula is C12H21NO. The van der Waals surface area contributed by atoms with E-state index in [2.05, 4.69) is 13.8 Å². The zero-order valence-corrected chi connectivity index (χ0v) is 9.25. The molecule has 3 atom stereocenters. The Morgan fingerprint density at radius 2 is 2.14 bits per heavy atom. The molecule has 0 unspecified atom stereocenters. The minimum Gasteiger partial charge on any atom is -0.370 e. The van der Waals surface area contributed by atoms with Crippen LogP contribution in [-0.2, 0) is 4.79 Å². The zero-order valence-electron chi connectivity index (χ0n) is 9.25. The molecule has 2 nitrogen and oxygen atoms in total. The lowest BCUT2D eigenvalue weighted by molar-refractivity contribution is -0.122. The average molecular weight is 195 g/mol. The molecule has 80 valence electrons. The highest BCUT2D eigenvalue weighted by atomic mass is 16.1. The number of carbonyl (C=O) groups is 1. The Morgan fingerprint density at radius 3 is 2.64 bits per heavy atom. The second-order valence-electron chi connectivity index (χ2n) is 5.70. The predicted octanol–water partition coefficient (Wildman–Crippen LogP) is 2.32. The van der Waals surface area contributed by atoms with E-state index in [9.17, 15) is 4.79 Å². The highest BCUT2D eigenvalue weighted by Gasteiger charge is 2.53. The summed E-state index contributed by atoms with van der Waals surface area (Å²) in [7, 11) is 0. The Kier molecular flexibility index (Phi) is 2.32. The molecule has 0 heterocycles. The van der Waals surface area contributed by atoms with E-state index in [1.54, 1.807) is 0 Å². The minimum absolute atomic E-state index is 0.135. The van der Waals surface area contributed by atoms with Gasteiger partial charge in [0.2, 0.25) is 5.91 Å². The average Bonchev–Trinajstić information content (AvgIpc) is 2.14. The van der Waals surface area contributed by atoms with E-state index >= 15 is 0 Å². The number of rotatable bonds is 3. The summed E-state index contributed by atoms with van der Waals surface area (Å²) in [5, 5.41) is 0. The fourth-order valence-electron chi connectivity index (χ4n) is 3.64. The van der Waals surface area contributed by atoms with E-state index < -0.39 is 0 Å². The highest BCUT2D eigenvalue weighted by molar-refractivity contribution is 5.73. The second-order valence-corrected chi connectivity index (χ2v) is 5.70. The molecule has 2 bridgehead atoms. The van der Waals surface area contributed by atoms with Crippen molar-refractivity contribution in [2.75, 3.05) is 0 Å². The third-order valence-corrected chi connectivity index (χ3v) is 4.76. The van der Waals surface area contributed by atoms with Crippen molar-refractivity contribution in [3.8, 4) is 0 Å². The summed E-state index contributed by atoms with van der Waals surface area (Å²) >= 11 is 0. The minimum atomic E-state index is -0.135. The molecule has 0 aliphatic heterocycles. The van der Waals surface area contributed by atoms with Crippen molar-refractivity contribution < 1.29 is 4.79 Å². The fraction of sp³-hybridized carbons (Fsp3) is 0.917. The van der Waals surface area contributed by atoms with Crippen molar-refractivity contribution >= 4 is 5.91 Å². The van der Waals surface area contributed by atoms with Crippen LogP contribution in [0.25, 0.3) is 0 Å². The van der Waals surface area contributed by atoms with Crippen molar-refractivity contribution in [3.05, 3.63) is 0 Å². The monoisotopic (exact) mass is 195 g/mol. The lowest BCUT2D eigenvalue weighted by atomic mass is 9.45. The van der Waals surface area contributed by atoms with Crippen molar-refractivity contribution in [1.82, 2.24) is 0 Å². The summed E-state index contributed by atoms with van der Waals surface area (Å²) < 4.78 is 0. The lowest BCUT2D eigenvalue weighted by Crippen LogP contribution is -2.52. The number of hydrogen-bond donors (Lipinski definition) is 1. The first-order chi connectivity index (χ1) is 6.51. The predicted molar refractivity (Wildman–Crippen MR) is 56.5 cm³/mol. The summed E-state index contributed by atoms with van der Waals surface area (Å²) in [6.45, 7) is 4.78. The summed E-state index contributed by atoms with van der Waals surface area (Å²) in [5.74, 6) is 2.45. The molecule has 2 N–H and O–H groups in total. The van der Waals surface area contributed by atoms with Crippen molar-refractivity contribution in [3.63, 3.8) is 0 Å². The number of nitrogens with two attached hydrogens (primary N) is 1. The van der Waals surface area contributed by atoms with E-state index in [1.165, 1.54) is 19.3 Å². The third-order valence-electron chi connectivity index (χ3n) is 4.76. The Morgan fingerprint density at radius 1 is 1.43 bits per heavy atom. The molecule has 2 heteroatoms. The summed E-state index contributed by atoms with van der Waals surface area (Å²) in [6, 6.07) is 0.